The maximum absolute atomic E-state index is 11.9. The number of aromatic nitrogens is 1. The van der Waals surface area contributed by atoms with Gasteiger partial charge in [-0.15, -0.1) is 0 Å². The van der Waals surface area contributed by atoms with Crippen LogP contribution in [0.2, 0.25) is 5.15 Å². The van der Waals surface area contributed by atoms with E-state index in [0.29, 0.717) is 4.47 Å². The third-order valence-electron chi connectivity index (χ3n) is 2.06. The second kappa shape index (κ2) is 5.85. The van der Waals surface area contributed by atoms with Crippen LogP contribution in [0, 0.1) is 0 Å². The zero-order valence-corrected chi connectivity index (χ0v) is 12.6. The molecule has 0 radical (unpaired) electrons. The first-order chi connectivity index (χ1) is 8.27. The lowest BCUT2D eigenvalue weighted by atomic mass is 10.4. The predicted molar refractivity (Wildman–Crippen MR) is 71.0 cm³/mol. The molecule has 0 aliphatic heterocycles. The molecule has 0 amide bonds. The SMILES string of the molecule is COC(=O)C(C)S(=O)(=O)Nc1cc(Br)cnc1Cl. The highest BCUT2D eigenvalue weighted by Crippen LogP contribution is 2.24. The zero-order chi connectivity index (χ0) is 13.9. The van der Waals surface area contributed by atoms with Crippen molar-refractivity contribution in [2.24, 2.45) is 0 Å². The fourth-order valence-electron chi connectivity index (χ4n) is 1.03. The number of nitrogens with zero attached hydrogens (tertiary/aromatic N) is 1. The first-order valence-electron chi connectivity index (χ1n) is 4.68. The van der Waals surface area contributed by atoms with Gasteiger partial charge in [-0.3, -0.25) is 9.52 Å². The Morgan fingerprint density at radius 1 is 1.61 bits per heavy atom. The molecule has 0 aliphatic rings. The lowest BCUT2D eigenvalue weighted by molar-refractivity contribution is -0.139. The van der Waals surface area contributed by atoms with E-state index >= 15 is 0 Å². The topological polar surface area (TPSA) is 85.4 Å². The van der Waals surface area contributed by atoms with Crippen LogP contribution in [-0.2, 0) is 19.6 Å². The zero-order valence-electron chi connectivity index (χ0n) is 9.48. The van der Waals surface area contributed by atoms with Crippen LogP contribution in [0.25, 0.3) is 0 Å². The summed E-state index contributed by atoms with van der Waals surface area (Å²) in [6.45, 7) is 1.22. The number of carbonyl (C=O) groups is 1. The van der Waals surface area contributed by atoms with Gasteiger partial charge >= 0.3 is 5.97 Å². The van der Waals surface area contributed by atoms with E-state index in [9.17, 15) is 13.2 Å². The molecule has 0 aromatic carbocycles. The van der Waals surface area contributed by atoms with Crippen molar-refractivity contribution in [3.63, 3.8) is 0 Å². The number of rotatable bonds is 4. The van der Waals surface area contributed by atoms with Gasteiger partial charge in [-0.05, 0) is 28.9 Å². The summed E-state index contributed by atoms with van der Waals surface area (Å²) in [5, 5.41) is -1.36. The molecule has 0 spiro atoms. The van der Waals surface area contributed by atoms with Crippen LogP contribution >= 0.6 is 27.5 Å². The second-order valence-corrected chi connectivity index (χ2v) is 6.58. The summed E-state index contributed by atoms with van der Waals surface area (Å²) in [5.41, 5.74) is 0.0850. The van der Waals surface area contributed by atoms with Crippen molar-refractivity contribution in [2.45, 2.75) is 12.2 Å². The van der Waals surface area contributed by atoms with E-state index in [0.717, 1.165) is 7.11 Å². The van der Waals surface area contributed by atoms with Gasteiger partial charge in [0.2, 0.25) is 10.0 Å². The van der Waals surface area contributed by atoms with Crippen LogP contribution in [0.4, 0.5) is 5.69 Å². The fraction of sp³-hybridized carbons (Fsp3) is 0.333. The molecule has 0 saturated carbocycles. The maximum Gasteiger partial charge on any atom is 0.325 e. The van der Waals surface area contributed by atoms with Gasteiger partial charge in [-0.2, -0.15) is 0 Å². The predicted octanol–water partition coefficient (Wildman–Crippen LogP) is 1.80. The summed E-state index contributed by atoms with van der Waals surface area (Å²) in [4.78, 5) is 15.0. The molecule has 1 aromatic heterocycles. The van der Waals surface area contributed by atoms with E-state index < -0.39 is 21.2 Å². The molecular formula is C9H10BrClN2O4S. The van der Waals surface area contributed by atoms with E-state index in [1.807, 2.05) is 0 Å². The largest absolute Gasteiger partial charge is 0.468 e. The third-order valence-corrected chi connectivity index (χ3v) is 4.42. The van der Waals surface area contributed by atoms with E-state index in [-0.39, 0.29) is 10.8 Å². The highest BCUT2D eigenvalue weighted by Gasteiger charge is 2.29. The van der Waals surface area contributed by atoms with Gasteiger partial charge in [0.25, 0.3) is 0 Å². The molecule has 1 atom stereocenters. The molecule has 0 aliphatic carbocycles. The molecule has 0 bridgehead atoms. The van der Waals surface area contributed by atoms with E-state index in [1.54, 1.807) is 0 Å². The van der Waals surface area contributed by atoms with Gasteiger partial charge in [-0.25, -0.2) is 13.4 Å². The summed E-state index contributed by atoms with van der Waals surface area (Å²) in [7, 11) is -2.82. The molecule has 0 saturated heterocycles. The molecule has 1 rings (SSSR count). The lowest BCUT2D eigenvalue weighted by Gasteiger charge is -2.13. The minimum Gasteiger partial charge on any atom is -0.468 e. The first-order valence-corrected chi connectivity index (χ1v) is 7.40. The monoisotopic (exact) mass is 356 g/mol. The summed E-state index contributed by atoms with van der Waals surface area (Å²) in [6.07, 6.45) is 1.42. The number of ether oxygens (including phenoxy) is 1. The van der Waals surface area contributed by atoms with Gasteiger partial charge in [-0.1, -0.05) is 11.6 Å². The smallest absolute Gasteiger partial charge is 0.325 e. The van der Waals surface area contributed by atoms with E-state index in [1.165, 1.54) is 19.2 Å². The molecule has 18 heavy (non-hydrogen) atoms. The number of hydrogen-bond donors (Lipinski definition) is 1. The quantitative estimate of drug-likeness (QED) is 0.656. The van der Waals surface area contributed by atoms with Crippen LogP contribution in [-0.4, -0.2) is 31.7 Å². The number of esters is 1. The Morgan fingerprint density at radius 2 is 2.22 bits per heavy atom. The Labute approximate surface area is 118 Å². The second-order valence-electron chi connectivity index (χ2n) is 3.30. The molecule has 9 heteroatoms. The molecular weight excluding hydrogens is 348 g/mol. The minimum absolute atomic E-state index is 0.0150. The average molecular weight is 358 g/mol. The summed E-state index contributed by atoms with van der Waals surface area (Å²) in [5.74, 6) is -0.860. The highest BCUT2D eigenvalue weighted by atomic mass is 79.9. The number of nitrogens with one attached hydrogen (secondary N) is 1. The first kappa shape index (κ1) is 15.2. The van der Waals surface area contributed by atoms with Crippen LogP contribution in [0.1, 0.15) is 6.92 Å². The fourth-order valence-corrected chi connectivity index (χ4v) is 2.55. The lowest BCUT2D eigenvalue weighted by Crippen LogP contribution is -2.33. The normalized spacial score (nSPS) is 12.9. The van der Waals surface area contributed by atoms with Gasteiger partial charge in [0.1, 0.15) is 0 Å². The number of carbonyl (C=O) groups excluding carboxylic acids is 1. The van der Waals surface area contributed by atoms with Crippen LogP contribution < -0.4 is 4.72 Å². The van der Waals surface area contributed by atoms with Crippen molar-refractivity contribution in [2.75, 3.05) is 11.8 Å². The Bertz CT molecular complexity index is 564. The highest BCUT2D eigenvalue weighted by molar-refractivity contribution is 9.10. The summed E-state index contributed by atoms with van der Waals surface area (Å²) in [6, 6.07) is 1.44. The van der Waals surface area contributed by atoms with Gasteiger partial charge in [0.05, 0.1) is 12.8 Å². The molecule has 1 unspecified atom stereocenters. The van der Waals surface area contributed by atoms with Crippen LogP contribution in [0.3, 0.4) is 0 Å². The molecule has 1 heterocycles. The Hall–Kier alpha value is -0.860. The molecule has 6 nitrogen and oxygen atoms in total. The number of methoxy groups -OCH3 is 1. The third kappa shape index (κ3) is 3.56. The Morgan fingerprint density at radius 3 is 2.78 bits per heavy atom. The standard InChI is InChI=1S/C9H10BrClN2O4S/c1-5(9(14)17-2)18(15,16)13-7-3-6(10)4-12-8(7)11/h3-5,13H,1-2H3. The van der Waals surface area contributed by atoms with Crippen LogP contribution in [0.15, 0.2) is 16.7 Å². The van der Waals surface area contributed by atoms with E-state index in [4.69, 9.17) is 11.6 Å². The van der Waals surface area contributed by atoms with Crippen LogP contribution in [0.5, 0.6) is 0 Å². The van der Waals surface area contributed by atoms with Gasteiger partial charge in [0, 0.05) is 10.7 Å². The molecule has 1 N–H and O–H groups in total. The van der Waals surface area contributed by atoms with Gasteiger partial charge in [0.15, 0.2) is 10.4 Å². The molecule has 0 fully saturated rings. The Balaban J connectivity index is 3.02. The minimum atomic E-state index is -3.93. The van der Waals surface area contributed by atoms with Crippen molar-refractivity contribution < 1.29 is 17.9 Å². The average Bonchev–Trinajstić information content (AvgIpc) is 2.31. The van der Waals surface area contributed by atoms with Crippen molar-refractivity contribution in [1.82, 2.24) is 4.98 Å². The van der Waals surface area contributed by atoms with Crippen molar-refractivity contribution in [1.29, 1.82) is 0 Å². The maximum atomic E-state index is 11.9. The van der Waals surface area contributed by atoms with Crippen molar-refractivity contribution in [3.05, 3.63) is 21.9 Å². The number of sulfonamides is 1. The number of pyridine rings is 1. The van der Waals surface area contributed by atoms with Crippen molar-refractivity contribution in [3.8, 4) is 0 Å². The number of hydrogen-bond acceptors (Lipinski definition) is 5. The Kier molecular flexibility index (Phi) is 4.94. The summed E-state index contributed by atoms with van der Waals surface area (Å²) >= 11 is 8.88. The summed E-state index contributed by atoms with van der Waals surface area (Å²) < 4.78 is 30.8. The van der Waals surface area contributed by atoms with E-state index in [2.05, 4.69) is 30.4 Å². The number of halogens is 2. The molecule has 1 aromatic rings. The number of anilines is 1. The van der Waals surface area contributed by atoms with Crippen molar-refractivity contribution >= 4 is 49.2 Å². The van der Waals surface area contributed by atoms with Gasteiger partial charge < -0.3 is 4.74 Å². The molecule has 100 valence electrons.